The first-order valence-electron chi connectivity index (χ1n) is 6.95. The van der Waals surface area contributed by atoms with Crippen LogP contribution in [0.2, 0.25) is 0 Å². The summed E-state index contributed by atoms with van der Waals surface area (Å²) in [5, 5.41) is 3.41. The van der Waals surface area contributed by atoms with Crippen LogP contribution in [0.4, 0.5) is 0 Å². The van der Waals surface area contributed by atoms with E-state index < -0.39 is 0 Å². The molecule has 3 heteroatoms. The lowest BCUT2D eigenvalue weighted by Gasteiger charge is -2.59. The minimum Gasteiger partial charge on any atom is -0.309 e. The second-order valence-electron chi connectivity index (χ2n) is 6.52. The molecule has 3 nitrogen and oxygen atoms in total. The fourth-order valence-corrected chi connectivity index (χ4v) is 4.02. The van der Waals surface area contributed by atoms with E-state index >= 15 is 0 Å². The maximum absolute atomic E-state index is 3.41. The first kappa shape index (κ1) is 11.0. The first-order valence-corrected chi connectivity index (χ1v) is 6.95. The zero-order valence-electron chi connectivity index (χ0n) is 11.1. The molecule has 18 heavy (non-hydrogen) atoms. The van der Waals surface area contributed by atoms with Gasteiger partial charge < -0.3 is 10.2 Å². The second-order valence-corrected chi connectivity index (χ2v) is 6.52. The topological polar surface area (TPSA) is 18.5 Å². The van der Waals surface area contributed by atoms with Gasteiger partial charge in [-0.25, -0.2) is 0 Å². The number of likely N-dealkylation sites (tertiary alicyclic amines) is 2. The number of benzene rings is 1. The molecular weight excluding hydrogens is 222 g/mol. The molecule has 3 aliphatic heterocycles. The molecule has 0 atom stereocenters. The molecule has 0 bridgehead atoms. The highest BCUT2D eigenvalue weighted by Gasteiger charge is 2.49. The van der Waals surface area contributed by atoms with E-state index in [0.29, 0.717) is 5.41 Å². The molecule has 0 radical (unpaired) electrons. The molecule has 2 saturated heterocycles. The van der Waals surface area contributed by atoms with Crippen LogP contribution in [0.1, 0.15) is 16.7 Å². The molecule has 4 rings (SSSR count). The highest BCUT2D eigenvalue weighted by Crippen LogP contribution is 2.39. The fraction of sp³-hybridized carbons (Fsp3) is 0.600. The van der Waals surface area contributed by atoms with Crippen molar-refractivity contribution in [1.82, 2.24) is 15.1 Å². The average molecular weight is 243 g/mol. The molecule has 0 aromatic heterocycles. The Morgan fingerprint density at radius 3 is 2.67 bits per heavy atom. The van der Waals surface area contributed by atoms with Crippen LogP contribution in [0.25, 0.3) is 0 Å². The quantitative estimate of drug-likeness (QED) is 0.837. The average Bonchev–Trinajstić information content (AvgIpc) is 2.71. The Hall–Kier alpha value is -0.900. The highest BCUT2D eigenvalue weighted by atomic mass is 15.3. The van der Waals surface area contributed by atoms with Crippen LogP contribution in [-0.4, -0.2) is 43.0 Å². The predicted octanol–water partition coefficient (Wildman–Crippen LogP) is 1.04. The van der Waals surface area contributed by atoms with Gasteiger partial charge in [0.25, 0.3) is 0 Å². The summed E-state index contributed by atoms with van der Waals surface area (Å²) >= 11 is 0. The summed E-state index contributed by atoms with van der Waals surface area (Å²) in [7, 11) is 2.22. The molecule has 96 valence electrons. The lowest BCUT2D eigenvalue weighted by molar-refractivity contribution is -0.107. The molecule has 1 spiro atoms. The maximum Gasteiger partial charge on any atom is 0.0234 e. The molecule has 1 N–H and O–H groups in total. The lowest BCUT2D eigenvalue weighted by Crippen LogP contribution is -2.70. The van der Waals surface area contributed by atoms with Crippen LogP contribution in [0.15, 0.2) is 18.2 Å². The Kier molecular flexibility index (Phi) is 2.31. The highest BCUT2D eigenvalue weighted by molar-refractivity contribution is 5.34. The van der Waals surface area contributed by atoms with Crippen LogP contribution in [0.3, 0.4) is 0 Å². The molecular formula is C15H21N3. The minimum absolute atomic E-state index is 0.660. The summed E-state index contributed by atoms with van der Waals surface area (Å²) in [5.74, 6) is 0. The molecule has 0 saturated carbocycles. The maximum atomic E-state index is 3.41. The third-order valence-corrected chi connectivity index (χ3v) is 4.64. The van der Waals surface area contributed by atoms with Crippen molar-refractivity contribution < 1.29 is 0 Å². The largest absolute Gasteiger partial charge is 0.309 e. The second kappa shape index (κ2) is 3.80. The van der Waals surface area contributed by atoms with Crippen LogP contribution in [0.5, 0.6) is 0 Å². The Balaban J connectivity index is 1.39. The van der Waals surface area contributed by atoms with Gasteiger partial charge in [0.15, 0.2) is 0 Å². The van der Waals surface area contributed by atoms with Gasteiger partial charge in [-0.2, -0.15) is 0 Å². The first-order chi connectivity index (χ1) is 8.72. The van der Waals surface area contributed by atoms with Gasteiger partial charge in [0, 0.05) is 51.2 Å². The lowest BCUT2D eigenvalue weighted by atomic mass is 9.73. The van der Waals surface area contributed by atoms with Crippen LogP contribution >= 0.6 is 0 Å². The molecule has 3 aliphatic rings. The summed E-state index contributed by atoms with van der Waals surface area (Å²) in [6.45, 7) is 8.44. The van der Waals surface area contributed by atoms with Crippen molar-refractivity contribution in [2.75, 3.05) is 33.2 Å². The Morgan fingerprint density at radius 2 is 1.89 bits per heavy atom. The number of rotatable bonds is 2. The van der Waals surface area contributed by atoms with Crippen LogP contribution < -0.4 is 5.32 Å². The van der Waals surface area contributed by atoms with Gasteiger partial charge in [-0.1, -0.05) is 18.2 Å². The Bertz CT molecular complexity index is 469. The van der Waals surface area contributed by atoms with Gasteiger partial charge in [-0.05, 0) is 23.7 Å². The number of fused-ring (bicyclic) bond motifs is 1. The van der Waals surface area contributed by atoms with Crippen molar-refractivity contribution >= 4 is 0 Å². The molecule has 1 aromatic carbocycles. The van der Waals surface area contributed by atoms with Crippen molar-refractivity contribution in [2.24, 2.45) is 5.41 Å². The molecule has 1 aromatic rings. The van der Waals surface area contributed by atoms with Crippen molar-refractivity contribution in [2.45, 2.75) is 19.6 Å². The van der Waals surface area contributed by atoms with Crippen molar-refractivity contribution in [3.8, 4) is 0 Å². The van der Waals surface area contributed by atoms with Gasteiger partial charge in [-0.3, -0.25) is 4.90 Å². The summed E-state index contributed by atoms with van der Waals surface area (Å²) < 4.78 is 0. The molecule has 0 amide bonds. The van der Waals surface area contributed by atoms with Crippen LogP contribution in [0, 0.1) is 5.41 Å². The summed E-state index contributed by atoms with van der Waals surface area (Å²) in [6.07, 6.45) is 0. The van der Waals surface area contributed by atoms with Gasteiger partial charge in [0.2, 0.25) is 0 Å². The number of hydrogen-bond donors (Lipinski definition) is 1. The number of nitrogens with one attached hydrogen (secondary N) is 1. The van der Waals surface area contributed by atoms with E-state index in [2.05, 4.69) is 40.4 Å². The molecule has 0 aliphatic carbocycles. The van der Waals surface area contributed by atoms with E-state index in [0.717, 1.165) is 19.6 Å². The van der Waals surface area contributed by atoms with Crippen LogP contribution in [-0.2, 0) is 19.6 Å². The molecule has 2 fully saturated rings. The SMILES string of the molecule is CN1CC2(C1)CN(Cc1ccc3c(c1)CNC3)C2. The zero-order chi connectivity index (χ0) is 12.2. The van der Waals surface area contributed by atoms with E-state index in [1.54, 1.807) is 0 Å². The van der Waals surface area contributed by atoms with E-state index in [4.69, 9.17) is 0 Å². The summed E-state index contributed by atoms with van der Waals surface area (Å²) in [5.41, 5.74) is 5.14. The third-order valence-electron chi connectivity index (χ3n) is 4.64. The fourth-order valence-electron chi connectivity index (χ4n) is 4.02. The molecule has 3 heterocycles. The van der Waals surface area contributed by atoms with Crippen molar-refractivity contribution in [3.05, 3.63) is 34.9 Å². The van der Waals surface area contributed by atoms with Crippen molar-refractivity contribution in [1.29, 1.82) is 0 Å². The van der Waals surface area contributed by atoms with Gasteiger partial charge >= 0.3 is 0 Å². The van der Waals surface area contributed by atoms with Gasteiger partial charge in [-0.15, -0.1) is 0 Å². The predicted molar refractivity (Wildman–Crippen MR) is 72.2 cm³/mol. The number of nitrogens with zero attached hydrogens (tertiary/aromatic N) is 2. The van der Waals surface area contributed by atoms with Gasteiger partial charge in [0.05, 0.1) is 0 Å². The number of hydrogen-bond acceptors (Lipinski definition) is 3. The van der Waals surface area contributed by atoms with E-state index in [-0.39, 0.29) is 0 Å². The van der Waals surface area contributed by atoms with E-state index in [1.165, 1.54) is 42.9 Å². The molecule has 0 unspecified atom stereocenters. The summed E-state index contributed by atoms with van der Waals surface area (Å²) in [4.78, 5) is 5.02. The van der Waals surface area contributed by atoms with E-state index in [9.17, 15) is 0 Å². The smallest absolute Gasteiger partial charge is 0.0234 e. The monoisotopic (exact) mass is 243 g/mol. The van der Waals surface area contributed by atoms with Crippen molar-refractivity contribution in [3.63, 3.8) is 0 Å². The zero-order valence-corrected chi connectivity index (χ0v) is 11.1. The summed E-state index contributed by atoms with van der Waals surface area (Å²) in [6, 6.07) is 7.01. The van der Waals surface area contributed by atoms with Gasteiger partial charge in [0.1, 0.15) is 0 Å². The standard InChI is InChI=1S/C15H21N3/c1-17-8-15(9-17)10-18(11-15)7-12-2-3-13-5-16-6-14(13)4-12/h2-4,16H,5-11H2,1H3. The normalized spacial score (nSPS) is 25.8. The Labute approximate surface area is 109 Å². The third kappa shape index (κ3) is 1.69. The van der Waals surface area contributed by atoms with E-state index in [1.807, 2.05) is 0 Å². The Morgan fingerprint density at radius 1 is 1.11 bits per heavy atom. The minimum atomic E-state index is 0.660.